The van der Waals surface area contributed by atoms with Crippen molar-refractivity contribution in [2.24, 2.45) is 0 Å². The van der Waals surface area contributed by atoms with E-state index in [4.69, 9.17) is 0 Å². The highest BCUT2D eigenvalue weighted by atomic mass is 15.1. The van der Waals surface area contributed by atoms with Gasteiger partial charge in [0.05, 0.1) is 11.1 Å². The standard InChI is InChI=1S/C64H51N/c1-62(2)54-32-13-10-28-50(54)52-31-19-30-48(61(52)62)43-21-18-26-46(41-43)65(47-37-38-51-49-27-11-14-33-55(49)63(58(51)42-47)39-16-5-17-40-63)59-36-20-35-57-60(59)53-29-12-15-34-56(53)64(57,44-22-6-3-7-23-44)45-24-8-4-9-25-45/h3-4,6-15,18-38,41-42H,5,16-17,39-40H2,1-2H3. The third kappa shape index (κ3) is 5.33. The molecular weight excluding hydrogens is 783 g/mol. The summed E-state index contributed by atoms with van der Waals surface area (Å²) in [5.41, 5.74) is 24.6. The first-order valence-electron chi connectivity index (χ1n) is 23.7. The van der Waals surface area contributed by atoms with Gasteiger partial charge in [0.25, 0.3) is 0 Å². The van der Waals surface area contributed by atoms with Crippen molar-refractivity contribution < 1.29 is 0 Å². The molecule has 1 saturated carbocycles. The van der Waals surface area contributed by atoms with Gasteiger partial charge in [-0.05, 0) is 127 Å². The number of benzene rings is 9. The van der Waals surface area contributed by atoms with Crippen molar-refractivity contribution in [1.29, 1.82) is 0 Å². The van der Waals surface area contributed by atoms with Crippen molar-refractivity contribution in [3.63, 3.8) is 0 Å². The predicted octanol–water partition coefficient (Wildman–Crippen LogP) is 16.7. The Bertz CT molecular complexity index is 3290. The molecule has 0 aliphatic heterocycles. The zero-order valence-electron chi connectivity index (χ0n) is 37.2. The minimum atomic E-state index is -0.505. The van der Waals surface area contributed by atoms with E-state index in [2.05, 4.69) is 231 Å². The second kappa shape index (κ2) is 14.4. The lowest BCUT2D eigenvalue weighted by molar-refractivity contribution is 0.353. The van der Waals surface area contributed by atoms with Crippen LogP contribution >= 0.6 is 0 Å². The smallest absolute Gasteiger partial charge is 0.0714 e. The normalized spacial score (nSPS) is 16.2. The topological polar surface area (TPSA) is 3.24 Å². The fourth-order valence-electron chi connectivity index (χ4n) is 13.3. The average molecular weight is 834 g/mol. The molecule has 0 amide bonds. The van der Waals surface area contributed by atoms with Crippen molar-refractivity contribution in [3.8, 4) is 44.5 Å². The Balaban J connectivity index is 1.08. The highest BCUT2D eigenvalue weighted by Crippen LogP contribution is 2.61. The van der Waals surface area contributed by atoms with Crippen molar-refractivity contribution in [2.75, 3.05) is 4.90 Å². The zero-order chi connectivity index (χ0) is 43.3. The van der Waals surface area contributed by atoms with E-state index in [1.54, 1.807) is 0 Å². The molecule has 0 N–H and O–H groups in total. The van der Waals surface area contributed by atoms with Crippen LogP contribution in [0.25, 0.3) is 44.5 Å². The highest BCUT2D eigenvalue weighted by Gasteiger charge is 2.48. The SMILES string of the molecule is CC1(C)c2ccccc2-c2cccc(-c3cccc(N(c4ccc5c(c4)C4(CCCCC4)c4ccccc4-5)c4cccc5c4-c4ccccc4C5(c4ccccc4)c4ccccc4)c3)c21. The molecule has 9 aromatic rings. The lowest BCUT2D eigenvalue weighted by Gasteiger charge is -2.37. The van der Waals surface area contributed by atoms with Gasteiger partial charge in [-0.15, -0.1) is 0 Å². The Hall–Kier alpha value is -7.22. The van der Waals surface area contributed by atoms with Crippen molar-refractivity contribution in [1.82, 2.24) is 0 Å². The summed E-state index contributed by atoms with van der Waals surface area (Å²) >= 11 is 0. The van der Waals surface area contributed by atoms with Crippen molar-refractivity contribution >= 4 is 17.1 Å². The number of fused-ring (bicyclic) bond motifs is 11. The number of nitrogens with zero attached hydrogens (tertiary/aromatic N) is 1. The first-order chi connectivity index (χ1) is 32.0. The zero-order valence-corrected chi connectivity index (χ0v) is 37.2. The van der Waals surface area contributed by atoms with Crippen molar-refractivity contribution in [2.45, 2.75) is 62.2 Å². The Morgan fingerprint density at radius 1 is 0.369 bits per heavy atom. The van der Waals surface area contributed by atoms with Gasteiger partial charge in [0, 0.05) is 27.8 Å². The Labute approximate surface area is 383 Å². The van der Waals surface area contributed by atoms with Crippen LogP contribution in [0.5, 0.6) is 0 Å². The van der Waals surface area contributed by atoms with E-state index in [1.807, 2.05) is 0 Å². The lowest BCUT2D eigenvalue weighted by atomic mass is 9.67. The monoisotopic (exact) mass is 833 g/mol. The first kappa shape index (κ1) is 38.3. The fraction of sp³-hybridized carbons (Fsp3) is 0.156. The van der Waals surface area contributed by atoms with Gasteiger partial charge in [0.2, 0.25) is 0 Å². The summed E-state index contributed by atoms with van der Waals surface area (Å²) in [6.07, 6.45) is 6.21. The fourth-order valence-corrected chi connectivity index (χ4v) is 13.3. The van der Waals surface area contributed by atoms with Crippen LogP contribution in [0.3, 0.4) is 0 Å². The van der Waals surface area contributed by atoms with Crippen LogP contribution < -0.4 is 4.90 Å². The second-order valence-corrected chi connectivity index (χ2v) is 19.4. The molecule has 0 aromatic heterocycles. The van der Waals surface area contributed by atoms with Gasteiger partial charge in [0.15, 0.2) is 0 Å². The molecule has 1 nitrogen and oxygen atoms in total. The number of hydrogen-bond donors (Lipinski definition) is 0. The number of anilines is 3. The summed E-state index contributed by atoms with van der Waals surface area (Å²) < 4.78 is 0. The van der Waals surface area contributed by atoms with E-state index in [1.165, 1.54) is 132 Å². The Morgan fingerprint density at radius 3 is 1.65 bits per heavy atom. The summed E-state index contributed by atoms with van der Waals surface area (Å²) in [6.45, 7) is 4.80. The van der Waals surface area contributed by atoms with E-state index in [0.717, 1.165) is 5.69 Å². The molecule has 0 unspecified atom stereocenters. The van der Waals surface area contributed by atoms with Gasteiger partial charge >= 0.3 is 0 Å². The van der Waals surface area contributed by atoms with E-state index < -0.39 is 5.41 Å². The van der Waals surface area contributed by atoms with Gasteiger partial charge in [-0.2, -0.15) is 0 Å². The number of hydrogen-bond acceptors (Lipinski definition) is 1. The summed E-state index contributed by atoms with van der Waals surface area (Å²) in [4.78, 5) is 2.61. The molecule has 4 aliphatic carbocycles. The van der Waals surface area contributed by atoms with Crippen molar-refractivity contribution in [3.05, 3.63) is 257 Å². The highest BCUT2D eigenvalue weighted by molar-refractivity contribution is 5.99. The molecule has 312 valence electrons. The molecule has 1 heteroatoms. The molecule has 13 rings (SSSR count). The van der Waals surface area contributed by atoms with Crippen LogP contribution in [-0.4, -0.2) is 0 Å². The third-order valence-corrected chi connectivity index (χ3v) is 15.9. The Morgan fingerprint density at radius 2 is 0.908 bits per heavy atom. The molecule has 9 aromatic carbocycles. The van der Waals surface area contributed by atoms with Gasteiger partial charge in [0.1, 0.15) is 0 Å². The van der Waals surface area contributed by atoms with Gasteiger partial charge < -0.3 is 4.90 Å². The summed E-state index contributed by atoms with van der Waals surface area (Å²) in [5, 5.41) is 0. The summed E-state index contributed by atoms with van der Waals surface area (Å²) in [5.74, 6) is 0. The van der Waals surface area contributed by atoms with Crippen LogP contribution in [0.2, 0.25) is 0 Å². The average Bonchev–Trinajstić information content (AvgIpc) is 3.91. The summed E-state index contributed by atoms with van der Waals surface area (Å²) in [6, 6.07) is 80.7. The second-order valence-electron chi connectivity index (χ2n) is 19.4. The summed E-state index contributed by atoms with van der Waals surface area (Å²) in [7, 11) is 0. The molecule has 0 heterocycles. The maximum atomic E-state index is 2.61. The third-order valence-electron chi connectivity index (χ3n) is 15.9. The predicted molar refractivity (Wildman–Crippen MR) is 271 cm³/mol. The van der Waals surface area contributed by atoms with Gasteiger partial charge in [-0.1, -0.05) is 215 Å². The lowest BCUT2D eigenvalue weighted by Crippen LogP contribution is -2.28. The van der Waals surface area contributed by atoms with Crippen LogP contribution in [0.4, 0.5) is 17.1 Å². The molecule has 65 heavy (non-hydrogen) atoms. The molecule has 4 aliphatic rings. The van der Waals surface area contributed by atoms with Gasteiger partial charge in [-0.3, -0.25) is 0 Å². The van der Waals surface area contributed by atoms with Gasteiger partial charge in [-0.25, -0.2) is 0 Å². The Kier molecular flexibility index (Phi) is 8.47. The molecule has 0 radical (unpaired) electrons. The van der Waals surface area contributed by atoms with E-state index in [-0.39, 0.29) is 10.8 Å². The first-order valence-corrected chi connectivity index (χ1v) is 23.7. The molecule has 1 spiro atoms. The molecule has 0 saturated heterocycles. The minimum absolute atomic E-state index is 0.0277. The van der Waals surface area contributed by atoms with Crippen LogP contribution in [0, 0.1) is 0 Å². The minimum Gasteiger partial charge on any atom is -0.310 e. The maximum Gasteiger partial charge on any atom is 0.0714 e. The quantitative estimate of drug-likeness (QED) is 0.161. The van der Waals surface area contributed by atoms with Crippen LogP contribution in [-0.2, 0) is 16.2 Å². The van der Waals surface area contributed by atoms with E-state index >= 15 is 0 Å². The molecule has 0 atom stereocenters. The van der Waals surface area contributed by atoms with Crippen LogP contribution in [0.15, 0.2) is 212 Å². The largest absolute Gasteiger partial charge is 0.310 e. The maximum absolute atomic E-state index is 2.61. The van der Waals surface area contributed by atoms with Crippen LogP contribution in [0.1, 0.15) is 90.5 Å². The molecule has 0 bridgehead atoms. The molecule has 1 fully saturated rings. The number of rotatable bonds is 6. The van der Waals surface area contributed by atoms with E-state index in [9.17, 15) is 0 Å². The van der Waals surface area contributed by atoms with E-state index in [0.29, 0.717) is 0 Å². The molecular formula is C64H51N.